The van der Waals surface area contributed by atoms with Gasteiger partial charge in [-0.1, -0.05) is 48.9 Å². The van der Waals surface area contributed by atoms with E-state index < -0.39 is 6.04 Å². The second-order valence-electron chi connectivity index (χ2n) is 7.32. The van der Waals surface area contributed by atoms with Gasteiger partial charge in [-0.05, 0) is 43.5 Å². The third-order valence-electron chi connectivity index (χ3n) is 4.78. The first-order chi connectivity index (χ1) is 14.4. The number of nitrogens with zero attached hydrogens (tertiary/aromatic N) is 1. The van der Waals surface area contributed by atoms with Crippen LogP contribution >= 0.6 is 11.8 Å². The Morgan fingerprint density at radius 3 is 2.57 bits per heavy atom. The van der Waals surface area contributed by atoms with Gasteiger partial charge in [0.25, 0.3) is 0 Å². The topological polar surface area (TPSA) is 58.6 Å². The van der Waals surface area contributed by atoms with E-state index >= 15 is 0 Å². The summed E-state index contributed by atoms with van der Waals surface area (Å²) in [6.07, 6.45) is 0.856. The van der Waals surface area contributed by atoms with Crippen LogP contribution in [-0.4, -0.2) is 42.2 Å². The van der Waals surface area contributed by atoms with Crippen molar-refractivity contribution < 1.29 is 14.3 Å². The fourth-order valence-corrected chi connectivity index (χ4v) is 3.94. The summed E-state index contributed by atoms with van der Waals surface area (Å²) < 4.78 is 5.29. The highest BCUT2D eigenvalue weighted by molar-refractivity contribution is 7.99. The summed E-state index contributed by atoms with van der Waals surface area (Å²) in [6, 6.07) is 15.3. The van der Waals surface area contributed by atoms with E-state index in [0.29, 0.717) is 18.8 Å². The second-order valence-corrected chi connectivity index (χ2v) is 8.31. The molecule has 0 bridgehead atoms. The number of aryl methyl sites for hydroxylation is 1. The smallest absolute Gasteiger partial charge is 0.242 e. The van der Waals surface area contributed by atoms with Gasteiger partial charge in [0.2, 0.25) is 11.8 Å². The molecule has 0 aliphatic rings. The van der Waals surface area contributed by atoms with Crippen LogP contribution < -0.4 is 10.1 Å². The van der Waals surface area contributed by atoms with E-state index in [2.05, 4.69) is 30.4 Å². The summed E-state index contributed by atoms with van der Waals surface area (Å²) >= 11 is 1.57. The minimum atomic E-state index is -0.546. The highest BCUT2D eigenvalue weighted by atomic mass is 32.2. The fraction of sp³-hybridized carbons (Fsp3) is 0.417. The van der Waals surface area contributed by atoms with E-state index in [1.165, 1.54) is 11.1 Å². The molecule has 2 amide bonds. The van der Waals surface area contributed by atoms with Crippen molar-refractivity contribution in [1.82, 2.24) is 10.2 Å². The van der Waals surface area contributed by atoms with Gasteiger partial charge in [-0.15, -0.1) is 11.8 Å². The summed E-state index contributed by atoms with van der Waals surface area (Å²) in [5.74, 6) is 1.64. The average molecular weight is 429 g/mol. The van der Waals surface area contributed by atoms with E-state index in [-0.39, 0.29) is 11.8 Å². The van der Waals surface area contributed by atoms with Crippen LogP contribution in [0.15, 0.2) is 48.5 Å². The SMILES string of the molecule is CCCNC(=O)[C@@H](C)N(Cc1cccc(OC)c1)C(=O)CSCc1cccc(C)c1. The van der Waals surface area contributed by atoms with Crippen LogP contribution in [0.1, 0.15) is 37.0 Å². The molecule has 0 saturated carbocycles. The first-order valence-corrected chi connectivity index (χ1v) is 11.4. The number of carbonyl (C=O) groups is 2. The van der Waals surface area contributed by atoms with E-state index in [1.54, 1.807) is 30.7 Å². The number of ether oxygens (including phenoxy) is 1. The van der Waals surface area contributed by atoms with Gasteiger partial charge in [-0.3, -0.25) is 9.59 Å². The van der Waals surface area contributed by atoms with Gasteiger partial charge in [-0.2, -0.15) is 0 Å². The van der Waals surface area contributed by atoms with Gasteiger partial charge >= 0.3 is 0 Å². The lowest BCUT2D eigenvalue weighted by Gasteiger charge is -2.29. The van der Waals surface area contributed by atoms with Crippen molar-refractivity contribution in [2.75, 3.05) is 19.4 Å². The van der Waals surface area contributed by atoms with Crippen molar-refractivity contribution in [1.29, 1.82) is 0 Å². The van der Waals surface area contributed by atoms with Crippen LogP contribution in [-0.2, 0) is 21.9 Å². The zero-order valence-corrected chi connectivity index (χ0v) is 19.1. The van der Waals surface area contributed by atoms with Crippen LogP contribution in [0.5, 0.6) is 5.75 Å². The fourth-order valence-electron chi connectivity index (χ4n) is 3.09. The molecule has 30 heavy (non-hydrogen) atoms. The number of hydrogen-bond acceptors (Lipinski definition) is 4. The largest absolute Gasteiger partial charge is 0.497 e. The second kappa shape index (κ2) is 12.3. The molecule has 0 aromatic heterocycles. The Labute approximate surface area is 184 Å². The predicted octanol–water partition coefficient (Wildman–Crippen LogP) is 4.18. The molecule has 2 rings (SSSR count). The Bertz CT molecular complexity index is 841. The molecule has 0 saturated heterocycles. The van der Waals surface area contributed by atoms with Crippen LogP contribution in [0.25, 0.3) is 0 Å². The number of methoxy groups -OCH3 is 1. The lowest BCUT2D eigenvalue weighted by atomic mass is 10.1. The molecule has 0 fully saturated rings. The summed E-state index contributed by atoms with van der Waals surface area (Å²) in [7, 11) is 1.62. The zero-order valence-electron chi connectivity index (χ0n) is 18.3. The monoisotopic (exact) mass is 428 g/mol. The maximum Gasteiger partial charge on any atom is 0.242 e. The maximum atomic E-state index is 13.1. The van der Waals surface area contributed by atoms with Crippen molar-refractivity contribution in [2.24, 2.45) is 0 Å². The molecule has 162 valence electrons. The molecule has 0 aliphatic carbocycles. The van der Waals surface area contributed by atoms with E-state index in [9.17, 15) is 9.59 Å². The van der Waals surface area contributed by atoms with E-state index in [4.69, 9.17) is 4.74 Å². The molecule has 2 aromatic rings. The number of benzene rings is 2. The molecule has 0 radical (unpaired) electrons. The highest BCUT2D eigenvalue weighted by Gasteiger charge is 2.25. The summed E-state index contributed by atoms with van der Waals surface area (Å²) in [4.78, 5) is 27.3. The summed E-state index contributed by atoms with van der Waals surface area (Å²) in [5, 5.41) is 2.90. The number of amides is 2. The van der Waals surface area contributed by atoms with Gasteiger partial charge in [0.15, 0.2) is 0 Å². The minimum Gasteiger partial charge on any atom is -0.497 e. The molecule has 1 atom stereocenters. The first kappa shape index (κ1) is 23.8. The Morgan fingerprint density at radius 2 is 1.87 bits per heavy atom. The molecule has 6 heteroatoms. The number of carbonyl (C=O) groups excluding carboxylic acids is 2. The molecule has 0 aliphatic heterocycles. The quantitative estimate of drug-likeness (QED) is 0.583. The van der Waals surface area contributed by atoms with Crippen LogP contribution in [0, 0.1) is 6.92 Å². The molecule has 5 nitrogen and oxygen atoms in total. The summed E-state index contributed by atoms with van der Waals surface area (Å²) in [6.45, 7) is 6.82. The first-order valence-electron chi connectivity index (χ1n) is 10.3. The predicted molar refractivity (Wildman–Crippen MR) is 124 cm³/mol. The highest BCUT2D eigenvalue weighted by Crippen LogP contribution is 2.19. The number of rotatable bonds is 11. The zero-order chi connectivity index (χ0) is 21.9. The van der Waals surface area contributed by atoms with Crippen molar-refractivity contribution in [3.63, 3.8) is 0 Å². The van der Waals surface area contributed by atoms with Gasteiger partial charge in [0.1, 0.15) is 11.8 Å². The third kappa shape index (κ3) is 7.41. The average Bonchev–Trinajstić information content (AvgIpc) is 2.75. The van der Waals surface area contributed by atoms with E-state index in [0.717, 1.165) is 23.5 Å². The number of thioether (sulfide) groups is 1. The minimum absolute atomic E-state index is 0.0466. The normalized spacial score (nSPS) is 11.6. The van der Waals surface area contributed by atoms with Crippen LogP contribution in [0.3, 0.4) is 0 Å². The van der Waals surface area contributed by atoms with Gasteiger partial charge in [-0.25, -0.2) is 0 Å². The number of nitrogens with one attached hydrogen (secondary N) is 1. The molecule has 0 unspecified atom stereocenters. The molecular formula is C24H32N2O3S. The molecular weight excluding hydrogens is 396 g/mol. The maximum absolute atomic E-state index is 13.1. The van der Waals surface area contributed by atoms with Gasteiger partial charge in [0.05, 0.1) is 12.9 Å². The van der Waals surface area contributed by atoms with Gasteiger partial charge < -0.3 is 15.0 Å². The van der Waals surface area contributed by atoms with Crippen molar-refractivity contribution in [2.45, 2.75) is 45.5 Å². The Morgan fingerprint density at radius 1 is 1.13 bits per heavy atom. The lowest BCUT2D eigenvalue weighted by Crippen LogP contribution is -2.48. The van der Waals surface area contributed by atoms with E-state index in [1.807, 2.05) is 37.3 Å². The van der Waals surface area contributed by atoms with Crippen molar-refractivity contribution in [3.8, 4) is 5.75 Å². The Hall–Kier alpha value is -2.47. The molecule has 0 spiro atoms. The van der Waals surface area contributed by atoms with Gasteiger partial charge in [0, 0.05) is 18.8 Å². The molecule has 2 aromatic carbocycles. The third-order valence-corrected chi connectivity index (χ3v) is 5.77. The molecule has 1 N–H and O–H groups in total. The van der Waals surface area contributed by atoms with Crippen LogP contribution in [0.4, 0.5) is 0 Å². The standard InChI is InChI=1S/C24H32N2O3S/c1-5-12-25-24(28)19(3)26(15-20-9-7-11-22(14-20)29-4)23(27)17-30-16-21-10-6-8-18(2)13-21/h6-11,13-14,19H,5,12,15-17H2,1-4H3,(H,25,28)/t19-/m1/s1. The lowest BCUT2D eigenvalue weighted by molar-refractivity contribution is -0.138. The van der Waals surface area contributed by atoms with Crippen LogP contribution in [0.2, 0.25) is 0 Å². The number of hydrogen-bond donors (Lipinski definition) is 1. The van der Waals surface area contributed by atoms with Crippen molar-refractivity contribution >= 4 is 23.6 Å². The summed E-state index contributed by atoms with van der Waals surface area (Å²) in [5.41, 5.74) is 3.34. The Kier molecular flexibility index (Phi) is 9.74. The molecule has 0 heterocycles. The van der Waals surface area contributed by atoms with Crippen molar-refractivity contribution in [3.05, 3.63) is 65.2 Å². The Balaban J connectivity index is 2.08.